The summed E-state index contributed by atoms with van der Waals surface area (Å²) in [5, 5.41) is 7.51. The molecule has 0 spiro atoms. The quantitative estimate of drug-likeness (QED) is 0.797. The first-order valence-electron chi connectivity index (χ1n) is 6.86. The third-order valence-corrected chi connectivity index (χ3v) is 3.33. The van der Waals surface area contributed by atoms with E-state index in [1.165, 1.54) is 17.5 Å². The summed E-state index contributed by atoms with van der Waals surface area (Å²) in [7, 11) is 0. The molecule has 1 unspecified atom stereocenters. The van der Waals surface area contributed by atoms with E-state index in [2.05, 4.69) is 58.5 Å². The molecule has 3 aromatic rings. The molecule has 5 heteroatoms. The van der Waals surface area contributed by atoms with Crippen LogP contribution in [0.25, 0.3) is 5.82 Å². The molecule has 0 aliphatic rings. The van der Waals surface area contributed by atoms with Gasteiger partial charge in [-0.25, -0.2) is 14.6 Å². The highest BCUT2D eigenvalue weighted by atomic mass is 15.3. The summed E-state index contributed by atoms with van der Waals surface area (Å²) in [5.41, 5.74) is 3.50. The summed E-state index contributed by atoms with van der Waals surface area (Å²) in [6, 6.07) is 12.6. The van der Waals surface area contributed by atoms with E-state index in [4.69, 9.17) is 0 Å². The Kier molecular flexibility index (Phi) is 3.64. The Morgan fingerprint density at radius 1 is 1.19 bits per heavy atom. The third kappa shape index (κ3) is 3.08. The Bertz CT molecular complexity index is 704. The number of pyridine rings is 1. The van der Waals surface area contributed by atoms with Crippen molar-refractivity contribution in [1.82, 2.24) is 19.7 Å². The normalized spacial score (nSPS) is 12.1. The van der Waals surface area contributed by atoms with Crippen LogP contribution in [0.15, 0.2) is 55.2 Å². The molecule has 0 radical (unpaired) electrons. The molecule has 5 nitrogen and oxygen atoms in total. The molecular weight excluding hydrogens is 262 g/mol. The van der Waals surface area contributed by atoms with E-state index in [-0.39, 0.29) is 6.04 Å². The maximum absolute atomic E-state index is 4.38. The van der Waals surface area contributed by atoms with Gasteiger partial charge in [0.1, 0.15) is 12.7 Å². The third-order valence-electron chi connectivity index (χ3n) is 3.33. The fourth-order valence-electron chi connectivity index (χ4n) is 2.21. The first-order chi connectivity index (χ1) is 10.2. The largest absolute Gasteiger partial charge is 0.377 e. The van der Waals surface area contributed by atoms with Crippen molar-refractivity contribution in [2.45, 2.75) is 19.9 Å². The molecule has 3 rings (SSSR count). The summed E-state index contributed by atoms with van der Waals surface area (Å²) in [4.78, 5) is 8.30. The molecule has 2 heterocycles. The molecule has 2 aromatic heterocycles. The van der Waals surface area contributed by atoms with Crippen molar-refractivity contribution >= 4 is 5.69 Å². The van der Waals surface area contributed by atoms with Crippen LogP contribution in [0, 0.1) is 6.92 Å². The maximum Gasteiger partial charge on any atom is 0.155 e. The molecule has 0 fully saturated rings. The van der Waals surface area contributed by atoms with Crippen LogP contribution in [0.2, 0.25) is 0 Å². The van der Waals surface area contributed by atoms with Gasteiger partial charge < -0.3 is 5.32 Å². The summed E-state index contributed by atoms with van der Waals surface area (Å²) >= 11 is 0. The van der Waals surface area contributed by atoms with E-state index in [0.29, 0.717) is 0 Å². The molecule has 0 amide bonds. The molecule has 1 N–H and O–H groups in total. The molecule has 0 aliphatic carbocycles. The zero-order chi connectivity index (χ0) is 14.7. The minimum absolute atomic E-state index is 0.226. The minimum Gasteiger partial charge on any atom is -0.377 e. The second-order valence-corrected chi connectivity index (χ2v) is 5.03. The maximum atomic E-state index is 4.38. The van der Waals surface area contributed by atoms with Crippen molar-refractivity contribution in [3.63, 3.8) is 0 Å². The number of rotatable bonds is 4. The molecule has 0 saturated carbocycles. The van der Waals surface area contributed by atoms with E-state index >= 15 is 0 Å². The summed E-state index contributed by atoms with van der Waals surface area (Å²) < 4.78 is 1.63. The van der Waals surface area contributed by atoms with Gasteiger partial charge in [-0.2, -0.15) is 5.10 Å². The van der Waals surface area contributed by atoms with Gasteiger partial charge in [0.05, 0.1) is 11.9 Å². The predicted octanol–water partition coefficient (Wildman–Crippen LogP) is 3.14. The molecule has 106 valence electrons. The second kappa shape index (κ2) is 5.75. The van der Waals surface area contributed by atoms with Gasteiger partial charge in [-0.1, -0.05) is 29.8 Å². The highest BCUT2D eigenvalue weighted by Crippen LogP contribution is 2.19. The van der Waals surface area contributed by atoms with Gasteiger partial charge in [0.25, 0.3) is 0 Å². The average molecular weight is 279 g/mol. The lowest BCUT2D eigenvalue weighted by molar-refractivity contribution is 0.841. The van der Waals surface area contributed by atoms with Crippen LogP contribution in [-0.2, 0) is 0 Å². The van der Waals surface area contributed by atoms with Gasteiger partial charge in [-0.3, -0.25) is 0 Å². The van der Waals surface area contributed by atoms with E-state index in [1.54, 1.807) is 11.0 Å². The van der Waals surface area contributed by atoms with Crippen molar-refractivity contribution < 1.29 is 0 Å². The molecule has 21 heavy (non-hydrogen) atoms. The van der Waals surface area contributed by atoms with E-state index in [9.17, 15) is 0 Å². The molecule has 1 atom stereocenters. The standard InChI is InChI=1S/C16H17N5/c1-12-4-3-5-14(8-12)13(2)20-15-6-7-16(18-9-15)21-11-17-10-19-21/h3-11,13,20H,1-2H3. The van der Waals surface area contributed by atoms with Crippen molar-refractivity contribution in [2.75, 3.05) is 5.32 Å². The van der Waals surface area contributed by atoms with Crippen LogP contribution in [0.1, 0.15) is 24.1 Å². The van der Waals surface area contributed by atoms with Gasteiger partial charge in [-0.15, -0.1) is 0 Å². The first-order valence-corrected chi connectivity index (χ1v) is 6.86. The Labute approximate surface area is 123 Å². The lowest BCUT2D eigenvalue weighted by atomic mass is 10.1. The minimum atomic E-state index is 0.226. The number of nitrogens with zero attached hydrogens (tertiary/aromatic N) is 4. The number of aryl methyl sites for hydroxylation is 1. The van der Waals surface area contributed by atoms with E-state index in [0.717, 1.165) is 11.5 Å². The van der Waals surface area contributed by atoms with Crippen molar-refractivity contribution in [1.29, 1.82) is 0 Å². The lowest BCUT2D eigenvalue weighted by Crippen LogP contribution is -2.07. The van der Waals surface area contributed by atoms with Crippen molar-refractivity contribution in [2.24, 2.45) is 0 Å². The predicted molar refractivity (Wildman–Crippen MR) is 82.4 cm³/mol. The van der Waals surface area contributed by atoms with Gasteiger partial charge >= 0.3 is 0 Å². The summed E-state index contributed by atoms with van der Waals surface area (Å²) in [6.07, 6.45) is 4.93. The topological polar surface area (TPSA) is 55.6 Å². The Morgan fingerprint density at radius 3 is 2.76 bits per heavy atom. The van der Waals surface area contributed by atoms with Crippen molar-refractivity contribution in [3.05, 3.63) is 66.4 Å². The van der Waals surface area contributed by atoms with E-state index in [1.807, 2.05) is 18.3 Å². The number of benzene rings is 1. The second-order valence-electron chi connectivity index (χ2n) is 5.03. The monoisotopic (exact) mass is 279 g/mol. The fraction of sp³-hybridized carbons (Fsp3) is 0.188. The van der Waals surface area contributed by atoms with Crippen LogP contribution < -0.4 is 5.32 Å². The number of aromatic nitrogens is 4. The highest BCUT2D eigenvalue weighted by molar-refractivity contribution is 5.45. The number of anilines is 1. The van der Waals surface area contributed by atoms with Crippen LogP contribution in [0.3, 0.4) is 0 Å². The molecule has 0 aliphatic heterocycles. The SMILES string of the molecule is Cc1cccc(C(C)Nc2ccc(-n3cncn3)nc2)c1. The van der Waals surface area contributed by atoms with Crippen LogP contribution in [0.5, 0.6) is 0 Å². The lowest BCUT2D eigenvalue weighted by Gasteiger charge is -2.16. The number of nitrogens with one attached hydrogen (secondary N) is 1. The number of hydrogen-bond donors (Lipinski definition) is 1. The number of hydrogen-bond acceptors (Lipinski definition) is 4. The zero-order valence-corrected chi connectivity index (χ0v) is 12.1. The average Bonchev–Trinajstić information content (AvgIpc) is 3.02. The smallest absolute Gasteiger partial charge is 0.155 e. The fourth-order valence-corrected chi connectivity index (χ4v) is 2.21. The van der Waals surface area contributed by atoms with Crippen molar-refractivity contribution in [3.8, 4) is 5.82 Å². The Morgan fingerprint density at radius 2 is 2.10 bits per heavy atom. The van der Waals surface area contributed by atoms with Crippen LogP contribution in [-0.4, -0.2) is 19.7 Å². The van der Waals surface area contributed by atoms with Crippen LogP contribution >= 0.6 is 0 Å². The summed E-state index contributed by atoms with van der Waals surface area (Å²) in [6.45, 7) is 4.24. The van der Waals surface area contributed by atoms with Gasteiger partial charge in [0.2, 0.25) is 0 Å². The Balaban J connectivity index is 1.73. The summed E-state index contributed by atoms with van der Waals surface area (Å²) in [5.74, 6) is 0.751. The molecule has 0 saturated heterocycles. The highest BCUT2D eigenvalue weighted by Gasteiger charge is 2.06. The zero-order valence-electron chi connectivity index (χ0n) is 12.1. The molecule has 0 bridgehead atoms. The molecular formula is C16H17N5. The van der Waals surface area contributed by atoms with Gasteiger partial charge in [0, 0.05) is 6.04 Å². The Hall–Kier alpha value is -2.69. The van der Waals surface area contributed by atoms with Crippen LogP contribution in [0.4, 0.5) is 5.69 Å². The first kappa shape index (κ1) is 13.3. The van der Waals surface area contributed by atoms with E-state index < -0.39 is 0 Å². The van der Waals surface area contributed by atoms with Gasteiger partial charge in [0.15, 0.2) is 5.82 Å². The van der Waals surface area contributed by atoms with Gasteiger partial charge in [-0.05, 0) is 31.5 Å². The molecule has 1 aromatic carbocycles.